The molecule has 0 saturated carbocycles. The molecule has 48 valence electrons. The van der Waals surface area contributed by atoms with Crippen molar-refractivity contribution in [1.82, 2.24) is 0 Å². The maximum absolute atomic E-state index is 5.33. The second-order valence-electron chi connectivity index (χ2n) is 2.08. The minimum atomic E-state index is 0.657. The number of hydrogen-bond acceptors (Lipinski definition) is 1. The molecule has 0 radical (unpaired) electrons. The van der Waals surface area contributed by atoms with Crippen molar-refractivity contribution in [2.24, 2.45) is 11.7 Å². The van der Waals surface area contributed by atoms with Gasteiger partial charge >= 0.3 is 0 Å². The second kappa shape index (κ2) is 4.85. The Morgan fingerprint density at radius 3 is 2.62 bits per heavy atom. The van der Waals surface area contributed by atoms with Crippen molar-refractivity contribution in [3.05, 3.63) is 12.2 Å². The minimum Gasteiger partial charge on any atom is -0.330 e. The first-order chi connectivity index (χ1) is 3.81. The highest BCUT2D eigenvalue weighted by molar-refractivity contribution is 4.82. The summed E-state index contributed by atoms with van der Waals surface area (Å²) in [7, 11) is 0. The van der Waals surface area contributed by atoms with Crippen molar-refractivity contribution in [2.45, 2.75) is 20.3 Å². The van der Waals surface area contributed by atoms with Crippen LogP contribution in [0.1, 0.15) is 20.3 Å². The van der Waals surface area contributed by atoms with E-state index in [1.165, 1.54) is 0 Å². The van der Waals surface area contributed by atoms with Crippen LogP contribution in [0, 0.1) is 5.92 Å². The van der Waals surface area contributed by atoms with Gasteiger partial charge in [0.2, 0.25) is 0 Å². The van der Waals surface area contributed by atoms with E-state index >= 15 is 0 Å². The highest BCUT2D eigenvalue weighted by Gasteiger charge is 1.90. The van der Waals surface area contributed by atoms with E-state index in [2.05, 4.69) is 19.1 Å². The van der Waals surface area contributed by atoms with E-state index < -0.39 is 0 Å². The third-order valence-corrected chi connectivity index (χ3v) is 1.14. The predicted molar refractivity (Wildman–Crippen MR) is 37.6 cm³/mol. The third-order valence-electron chi connectivity index (χ3n) is 1.14. The maximum Gasteiger partial charge on any atom is -0.00718 e. The SMILES string of the molecule is C/C=C/C(C)CCN. The predicted octanol–water partition coefficient (Wildman–Crippen LogP) is 1.55. The van der Waals surface area contributed by atoms with Gasteiger partial charge in [-0.2, -0.15) is 0 Å². The number of allylic oxidation sites excluding steroid dienone is 2. The molecule has 1 nitrogen and oxygen atoms in total. The lowest BCUT2D eigenvalue weighted by Gasteiger charge is -1.99. The van der Waals surface area contributed by atoms with Crippen LogP contribution in [-0.2, 0) is 0 Å². The summed E-state index contributed by atoms with van der Waals surface area (Å²) in [5, 5.41) is 0. The molecule has 0 aromatic carbocycles. The summed E-state index contributed by atoms with van der Waals surface area (Å²) in [6, 6.07) is 0. The molecule has 0 aromatic rings. The number of hydrogen-bond donors (Lipinski definition) is 1. The molecule has 0 amide bonds. The summed E-state index contributed by atoms with van der Waals surface area (Å²) in [5.41, 5.74) is 5.33. The molecule has 0 aliphatic rings. The summed E-state index contributed by atoms with van der Waals surface area (Å²) in [5.74, 6) is 0.657. The lowest BCUT2D eigenvalue weighted by Crippen LogP contribution is -2.03. The van der Waals surface area contributed by atoms with Crippen molar-refractivity contribution in [3.8, 4) is 0 Å². The Kier molecular flexibility index (Phi) is 4.67. The first kappa shape index (κ1) is 7.70. The topological polar surface area (TPSA) is 26.0 Å². The molecule has 0 spiro atoms. The molecule has 0 aromatic heterocycles. The van der Waals surface area contributed by atoms with Crippen LogP contribution in [0.5, 0.6) is 0 Å². The zero-order valence-corrected chi connectivity index (χ0v) is 5.72. The molecule has 0 heterocycles. The van der Waals surface area contributed by atoms with Gasteiger partial charge in [0.1, 0.15) is 0 Å². The Labute approximate surface area is 51.6 Å². The fourth-order valence-electron chi connectivity index (χ4n) is 0.688. The summed E-state index contributed by atoms with van der Waals surface area (Å²) in [6.45, 7) is 5.01. The van der Waals surface area contributed by atoms with Gasteiger partial charge in [0, 0.05) is 0 Å². The van der Waals surface area contributed by atoms with Gasteiger partial charge in [-0.25, -0.2) is 0 Å². The molecule has 0 bridgehead atoms. The van der Waals surface area contributed by atoms with Crippen LogP contribution in [-0.4, -0.2) is 6.54 Å². The van der Waals surface area contributed by atoms with E-state index in [4.69, 9.17) is 5.73 Å². The van der Waals surface area contributed by atoms with E-state index in [0.29, 0.717) is 5.92 Å². The molecule has 2 N–H and O–H groups in total. The van der Waals surface area contributed by atoms with E-state index in [-0.39, 0.29) is 0 Å². The fraction of sp³-hybridized carbons (Fsp3) is 0.714. The van der Waals surface area contributed by atoms with Gasteiger partial charge in [-0.05, 0) is 25.8 Å². The van der Waals surface area contributed by atoms with E-state index in [1.54, 1.807) is 0 Å². The molecule has 1 atom stereocenters. The lowest BCUT2D eigenvalue weighted by atomic mass is 10.1. The van der Waals surface area contributed by atoms with Crippen molar-refractivity contribution < 1.29 is 0 Å². The van der Waals surface area contributed by atoms with Crippen LogP contribution in [0.2, 0.25) is 0 Å². The van der Waals surface area contributed by atoms with Crippen molar-refractivity contribution in [3.63, 3.8) is 0 Å². The standard InChI is InChI=1S/C7H15N/c1-3-4-7(2)5-6-8/h3-4,7H,5-6,8H2,1-2H3/b4-3+. The summed E-state index contributed by atoms with van der Waals surface area (Å²) in [6.07, 6.45) is 5.34. The van der Waals surface area contributed by atoms with Crippen LogP contribution in [0.4, 0.5) is 0 Å². The molecule has 0 saturated heterocycles. The van der Waals surface area contributed by atoms with Gasteiger partial charge in [-0.15, -0.1) is 0 Å². The van der Waals surface area contributed by atoms with Gasteiger partial charge < -0.3 is 5.73 Å². The van der Waals surface area contributed by atoms with E-state index in [0.717, 1.165) is 13.0 Å². The zero-order chi connectivity index (χ0) is 6.41. The van der Waals surface area contributed by atoms with Crippen molar-refractivity contribution in [1.29, 1.82) is 0 Å². The normalized spacial score (nSPS) is 14.9. The molecule has 0 aliphatic heterocycles. The van der Waals surface area contributed by atoms with E-state index in [9.17, 15) is 0 Å². The molecule has 0 aliphatic carbocycles. The minimum absolute atomic E-state index is 0.657. The van der Waals surface area contributed by atoms with Crippen molar-refractivity contribution >= 4 is 0 Å². The highest BCUT2D eigenvalue weighted by atomic mass is 14.5. The van der Waals surface area contributed by atoms with Crippen LogP contribution < -0.4 is 5.73 Å². The average molecular weight is 113 g/mol. The monoisotopic (exact) mass is 113 g/mol. The summed E-state index contributed by atoms with van der Waals surface area (Å²) >= 11 is 0. The van der Waals surface area contributed by atoms with Gasteiger partial charge in [-0.1, -0.05) is 19.1 Å². The molecular formula is C7H15N. The average Bonchev–Trinajstić information content (AvgIpc) is 1.68. The van der Waals surface area contributed by atoms with Crippen LogP contribution in [0.3, 0.4) is 0 Å². The summed E-state index contributed by atoms with van der Waals surface area (Å²) < 4.78 is 0. The van der Waals surface area contributed by atoms with Gasteiger partial charge in [0.05, 0.1) is 0 Å². The Bertz CT molecular complexity index is 66.8. The van der Waals surface area contributed by atoms with Gasteiger partial charge in [0.25, 0.3) is 0 Å². The third kappa shape index (κ3) is 3.88. The molecular weight excluding hydrogens is 98.1 g/mol. The Hall–Kier alpha value is -0.300. The maximum atomic E-state index is 5.33. The second-order valence-corrected chi connectivity index (χ2v) is 2.08. The molecule has 0 fully saturated rings. The summed E-state index contributed by atoms with van der Waals surface area (Å²) in [4.78, 5) is 0. The quantitative estimate of drug-likeness (QED) is 0.552. The van der Waals surface area contributed by atoms with Gasteiger partial charge in [0.15, 0.2) is 0 Å². The number of nitrogens with two attached hydrogens (primary N) is 1. The van der Waals surface area contributed by atoms with Crippen molar-refractivity contribution in [2.75, 3.05) is 6.54 Å². The Morgan fingerprint density at radius 2 is 2.25 bits per heavy atom. The smallest absolute Gasteiger partial charge is 0.00718 e. The van der Waals surface area contributed by atoms with Gasteiger partial charge in [-0.3, -0.25) is 0 Å². The first-order valence-corrected chi connectivity index (χ1v) is 3.14. The fourth-order valence-corrected chi connectivity index (χ4v) is 0.688. The molecule has 0 rings (SSSR count). The van der Waals surface area contributed by atoms with Crippen LogP contribution in [0.15, 0.2) is 12.2 Å². The Balaban J connectivity index is 3.17. The Morgan fingerprint density at radius 1 is 1.62 bits per heavy atom. The first-order valence-electron chi connectivity index (χ1n) is 3.14. The highest BCUT2D eigenvalue weighted by Crippen LogP contribution is 2.00. The zero-order valence-electron chi connectivity index (χ0n) is 5.72. The van der Waals surface area contributed by atoms with E-state index in [1.807, 2.05) is 6.92 Å². The largest absolute Gasteiger partial charge is 0.330 e. The number of rotatable bonds is 3. The molecule has 8 heavy (non-hydrogen) atoms. The molecule has 1 unspecified atom stereocenters. The van der Waals surface area contributed by atoms with Crippen LogP contribution >= 0.6 is 0 Å². The molecule has 1 heteroatoms. The van der Waals surface area contributed by atoms with Crippen LogP contribution in [0.25, 0.3) is 0 Å². The lowest BCUT2D eigenvalue weighted by molar-refractivity contribution is 0.658.